The number of nitrogens with one attached hydrogen (secondary N) is 2. The van der Waals surface area contributed by atoms with Gasteiger partial charge in [0, 0.05) is 30.7 Å². The number of aliphatic hydroxyl groups excluding tert-OH is 2. The Kier molecular flexibility index (Phi) is 12.4. The minimum absolute atomic E-state index is 0.00484. The lowest BCUT2D eigenvalue weighted by molar-refractivity contribution is -0.233. The van der Waals surface area contributed by atoms with E-state index in [1.54, 1.807) is 19.1 Å². The van der Waals surface area contributed by atoms with Gasteiger partial charge in [0.15, 0.2) is 17.2 Å². The second-order valence-corrected chi connectivity index (χ2v) is 18.5. The summed E-state index contributed by atoms with van der Waals surface area (Å²) in [4.78, 5) is 89.8. The number of ketones is 2. The number of aliphatic hydroxyl groups is 2. The number of amides is 5. The number of carbonyl (C=O) groups is 7. The highest BCUT2D eigenvalue weighted by Crippen LogP contribution is 2.68. The summed E-state index contributed by atoms with van der Waals surface area (Å²) in [5, 5.41) is 28.3. The van der Waals surface area contributed by atoms with Crippen molar-refractivity contribution in [2.75, 3.05) is 13.2 Å². The molecule has 13 nitrogen and oxygen atoms in total. The topological polar surface area (TPSA) is 196 Å². The van der Waals surface area contributed by atoms with Crippen LogP contribution < -0.4 is 15.4 Å². The monoisotopic (exact) mass is 831 g/mol. The average Bonchev–Trinajstić information content (AvgIpc) is 3.45. The van der Waals surface area contributed by atoms with E-state index in [9.17, 15) is 43.8 Å². The fourth-order valence-electron chi connectivity index (χ4n) is 11.6. The van der Waals surface area contributed by atoms with Crippen molar-refractivity contribution in [3.05, 3.63) is 53.1 Å². The van der Waals surface area contributed by atoms with Crippen LogP contribution in [0.25, 0.3) is 0 Å². The van der Waals surface area contributed by atoms with E-state index in [1.807, 2.05) is 13.8 Å². The first-order chi connectivity index (χ1) is 28.5. The van der Waals surface area contributed by atoms with E-state index in [0.717, 1.165) is 43.4 Å². The Hall–Kier alpha value is -4.56. The summed E-state index contributed by atoms with van der Waals surface area (Å²) in [7, 11) is 0. The summed E-state index contributed by atoms with van der Waals surface area (Å²) >= 11 is 0. The van der Waals surface area contributed by atoms with Crippen LogP contribution in [-0.4, -0.2) is 93.3 Å². The van der Waals surface area contributed by atoms with Crippen LogP contribution in [0.1, 0.15) is 131 Å². The summed E-state index contributed by atoms with van der Waals surface area (Å²) in [5.41, 5.74) is -3.11. The molecular weight excluding hydrogens is 774 g/mol. The van der Waals surface area contributed by atoms with Gasteiger partial charge in [-0.1, -0.05) is 63.7 Å². The Labute approximate surface area is 349 Å². The first kappa shape index (κ1) is 43.5. The van der Waals surface area contributed by atoms with Crippen LogP contribution >= 0.6 is 0 Å². The third kappa shape index (κ3) is 7.56. The first-order valence-corrected chi connectivity index (χ1v) is 21.8. The van der Waals surface area contributed by atoms with Crippen molar-refractivity contribution in [1.29, 1.82) is 0 Å². The lowest BCUT2D eigenvalue weighted by Gasteiger charge is -2.66. The van der Waals surface area contributed by atoms with Gasteiger partial charge in [0.2, 0.25) is 17.7 Å². The SMILES string of the molecule is C[C@@H]1C[C@H]2[C@@H]3CCC4=CC(=O)C=C[C@]4(C)[C@@]3(F)[C@@H](O)C[C@]2(C)[C@@H](C(=O)NCCCCCCCCCC(=O)COc2cccc3c2C(=O)N(C2CCC(=O)NC2=O)C3=O)[C@@H]1O. The predicted octanol–water partition coefficient (Wildman–Crippen LogP) is 4.87. The Bertz CT molecular complexity index is 2020. The Morgan fingerprint density at radius 1 is 0.950 bits per heavy atom. The molecule has 14 heteroatoms. The number of allylic oxidation sites excluding steroid dienone is 4. The van der Waals surface area contributed by atoms with Crippen LogP contribution in [0.4, 0.5) is 4.39 Å². The number of nitrogens with zero attached hydrogens (tertiary/aromatic N) is 1. The zero-order valence-corrected chi connectivity index (χ0v) is 34.8. The van der Waals surface area contributed by atoms with Gasteiger partial charge in [-0.15, -0.1) is 0 Å². The van der Waals surface area contributed by atoms with Gasteiger partial charge in [0.25, 0.3) is 11.8 Å². The van der Waals surface area contributed by atoms with Crippen molar-refractivity contribution in [2.24, 2.45) is 34.5 Å². The molecule has 0 radical (unpaired) electrons. The van der Waals surface area contributed by atoms with Crippen LogP contribution in [0, 0.1) is 34.5 Å². The van der Waals surface area contributed by atoms with Crippen LogP contribution in [0.3, 0.4) is 0 Å². The van der Waals surface area contributed by atoms with E-state index < -0.39 is 70.2 Å². The molecule has 5 amide bonds. The van der Waals surface area contributed by atoms with Crippen molar-refractivity contribution in [2.45, 2.75) is 135 Å². The number of ether oxygens (including phenoxy) is 1. The Morgan fingerprint density at radius 3 is 2.40 bits per heavy atom. The number of imide groups is 2. The lowest BCUT2D eigenvalue weighted by Crippen LogP contribution is -2.70. The average molecular weight is 832 g/mol. The summed E-state index contributed by atoms with van der Waals surface area (Å²) < 4.78 is 23.3. The maximum absolute atomic E-state index is 17.6. The zero-order chi connectivity index (χ0) is 43.1. The van der Waals surface area contributed by atoms with Gasteiger partial charge in [-0.25, -0.2) is 4.39 Å². The normalized spacial score (nSPS) is 34.6. The fourth-order valence-corrected chi connectivity index (χ4v) is 11.6. The molecule has 2 aliphatic heterocycles. The highest BCUT2D eigenvalue weighted by atomic mass is 19.1. The molecule has 0 aromatic heterocycles. The number of fused-ring (bicyclic) bond motifs is 6. The molecule has 10 atom stereocenters. The molecule has 6 aliphatic rings. The van der Waals surface area contributed by atoms with Gasteiger partial charge in [0.1, 0.15) is 18.4 Å². The van der Waals surface area contributed by atoms with Crippen LogP contribution in [0.2, 0.25) is 0 Å². The van der Waals surface area contributed by atoms with Gasteiger partial charge in [-0.3, -0.25) is 43.8 Å². The molecule has 60 heavy (non-hydrogen) atoms. The number of piperidine rings is 1. The first-order valence-electron chi connectivity index (χ1n) is 21.8. The molecule has 0 spiro atoms. The van der Waals surface area contributed by atoms with E-state index in [1.165, 1.54) is 24.3 Å². The molecule has 324 valence electrons. The smallest absolute Gasteiger partial charge is 0.266 e. The van der Waals surface area contributed by atoms with E-state index in [2.05, 4.69) is 10.6 Å². The minimum atomic E-state index is -1.99. The third-order valence-corrected chi connectivity index (χ3v) is 14.9. The van der Waals surface area contributed by atoms with E-state index in [-0.39, 0.29) is 72.1 Å². The van der Waals surface area contributed by atoms with Gasteiger partial charge in [0.05, 0.1) is 29.3 Å². The Balaban J connectivity index is 0.812. The number of unbranched alkanes of at least 4 members (excludes halogenated alkanes) is 6. The highest BCUT2D eigenvalue weighted by Gasteiger charge is 2.71. The maximum atomic E-state index is 17.6. The number of alkyl halides is 1. The maximum Gasteiger partial charge on any atom is 0.266 e. The molecule has 4 N–H and O–H groups in total. The Morgan fingerprint density at radius 2 is 1.67 bits per heavy atom. The van der Waals surface area contributed by atoms with Gasteiger partial charge < -0.3 is 20.3 Å². The minimum Gasteiger partial charge on any atom is -0.485 e. The van der Waals surface area contributed by atoms with Crippen molar-refractivity contribution < 1.29 is 52.9 Å². The second kappa shape index (κ2) is 17.1. The van der Waals surface area contributed by atoms with Crippen molar-refractivity contribution in [3.63, 3.8) is 0 Å². The van der Waals surface area contributed by atoms with Gasteiger partial charge in [-0.05, 0) is 93.4 Å². The zero-order valence-electron chi connectivity index (χ0n) is 34.8. The van der Waals surface area contributed by atoms with E-state index in [0.29, 0.717) is 44.2 Å². The van der Waals surface area contributed by atoms with Crippen molar-refractivity contribution >= 4 is 41.1 Å². The van der Waals surface area contributed by atoms with Gasteiger partial charge >= 0.3 is 0 Å². The van der Waals surface area contributed by atoms with Gasteiger partial charge in [-0.2, -0.15) is 0 Å². The molecule has 1 aromatic carbocycles. The predicted molar refractivity (Wildman–Crippen MR) is 216 cm³/mol. The number of Topliss-reactive ketones (excluding diaryl/α,β-unsaturated/α-hetero) is 1. The number of rotatable bonds is 15. The molecule has 1 aromatic rings. The quantitative estimate of drug-likeness (QED) is 0.140. The molecule has 0 bridgehead atoms. The second-order valence-electron chi connectivity index (χ2n) is 18.5. The van der Waals surface area contributed by atoms with Crippen LogP contribution in [0.15, 0.2) is 42.0 Å². The molecule has 4 fully saturated rings. The number of benzene rings is 1. The molecule has 1 saturated heterocycles. The highest BCUT2D eigenvalue weighted by molar-refractivity contribution is 6.24. The van der Waals surface area contributed by atoms with Crippen LogP contribution in [0.5, 0.6) is 5.75 Å². The molecule has 1 unspecified atom stereocenters. The van der Waals surface area contributed by atoms with E-state index in [4.69, 9.17) is 4.74 Å². The summed E-state index contributed by atoms with van der Waals surface area (Å²) in [6.07, 6.45) is 10.2. The van der Waals surface area contributed by atoms with Crippen molar-refractivity contribution in [1.82, 2.24) is 15.5 Å². The molecule has 4 aliphatic carbocycles. The molecule has 3 saturated carbocycles. The summed E-state index contributed by atoms with van der Waals surface area (Å²) in [6.45, 7) is 5.80. The fraction of sp³-hybridized carbons (Fsp3) is 0.630. The molecule has 7 rings (SSSR count). The number of halogens is 1. The number of hydrogen-bond acceptors (Lipinski definition) is 10. The van der Waals surface area contributed by atoms with Crippen LogP contribution in [-0.2, 0) is 24.0 Å². The van der Waals surface area contributed by atoms with Crippen molar-refractivity contribution in [3.8, 4) is 5.75 Å². The largest absolute Gasteiger partial charge is 0.485 e. The number of hydrogen-bond donors (Lipinski definition) is 4. The molecular formula is C46H58FN3O10. The third-order valence-electron chi connectivity index (χ3n) is 14.9. The summed E-state index contributed by atoms with van der Waals surface area (Å²) in [5.74, 6) is -4.75. The lowest BCUT2D eigenvalue weighted by atomic mass is 9.40. The molecule has 2 heterocycles. The number of carbonyl (C=O) groups excluding carboxylic acids is 7. The summed E-state index contributed by atoms with van der Waals surface area (Å²) in [6, 6.07) is 3.43. The van der Waals surface area contributed by atoms with E-state index >= 15 is 4.39 Å². The standard InChI is InChI=1S/C46H58FN3O10/c1-26-22-32-31-16-15-27-23-28(51)19-20-45(27,3)46(31,47)35(53)24-44(32,2)38(39(26)55)41(57)48-21-10-8-6-4-5-7-9-12-29(52)25-60-34-14-11-13-30-37(34)43(59)50(42(30)58)33-17-18-36(54)49-40(33)56/h11,13-14,19-20,23,26,31-33,35,38-39,53,55H,4-10,12,15-18,21-22,24-25H2,1-3H3,(H,48,57)(H,49,54,56)/t26-,31+,32+,33?,35+,38-,39-,44+,45+,46+/m1/s1.